The summed E-state index contributed by atoms with van der Waals surface area (Å²) < 4.78 is 24.3. The highest BCUT2D eigenvalue weighted by molar-refractivity contribution is 7.91. The molecule has 1 aromatic carbocycles. The fourth-order valence-electron chi connectivity index (χ4n) is 3.45. The van der Waals surface area contributed by atoms with Crippen LogP contribution in [0.5, 0.6) is 0 Å². The lowest BCUT2D eigenvalue weighted by Crippen LogP contribution is -2.29. The Kier molecular flexibility index (Phi) is 3.18. The zero-order chi connectivity index (χ0) is 13.5. The number of hydrogen-bond donors (Lipinski definition) is 1. The summed E-state index contributed by atoms with van der Waals surface area (Å²) in [6, 6.07) is 7.60. The first-order chi connectivity index (χ1) is 9.10. The molecule has 2 unspecified atom stereocenters. The molecule has 3 rings (SSSR count). The topological polar surface area (TPSA) is 46.2 Å². The molecule has 2 atom stereocenters. The van der Waals surface area contributed by atoms with E-state index in [1.54, 1.807) is 6.07 Å². The van der Waals surface area contributed by atoms with Gasteiger partial charge in [0, 0.05) is 5.41 Å². The SMILES string of the molecule is CCCNCC1CC12CCS(=O)(=O)c1ccccc12. The van der Waals surface area contributed by atoms with Crippen molar-refractivity contribution < 1.29 is 8.42 Å². The smallest absolute Gasteiger partial charge is 0.178 e. The van der Waals surface area contributed by atoms with E-state index in [0.29, 0.717) is 16.6 Å². The standard InChI is InChI=1S/C15H21NO2S/c1-2-8-16-11-12-10-15(12)7-9-19(17,18)14-6-4-3-5-13(14)15/h3-6,12,16H,2,7-11H2,1H3. The minimum absolute atomic E-state index is 0.142. The zero-order valence-electron chi connectivity index (χ0n) is 11.4. The molecule has 4 heteroatoms. The number of rotatable bonds is 4. The predicted octanol–water partition coefficient (Wildman–Crippen LogP) is 2.12. The molecule has 1 heterocycles. The summed E-state index contributed by atoms with van der Waals surface area (Å²) in [7, 11) is -3.04. The third-order valence-electron chi connectivity index (χ3n) is 4.62. The molecular formula is C15H21NO2S. The summed E-state index contributed by atoms with van der Waals surface area (Å²) in [5.74, 6) is 0.921. The molecule has 1 aliphatic carbocycles. The summed E-state index contributed by atoms with van der Waals surface area (Å²) in [6.07, 6.45) is 3.08. The normalized spacial score (nSPS) is 31.1. The highest BCUT2D eigenvalue weighted by Gasteiger charge is 2.58. The minimum Gasteiger partial charge on any atom is -0.316 e. The van der Waals surface area contributed by atoms with Gasteiger partial charge in [-0.25, -0.2) is 8.42 Å². The molecule has 0 amide bonds. The highest BCUT2D eigenvalue weighted by Crippen LogP contribution is 2.60. The molecule has 1 fully saturated rings. The fraction of sp³-hybridized carbons (Fsp3) is 0.600. The molecule has 0 saturated heterocycles. The summed E-state index contributed by atoms with van der Waals surface area (Å²) >= 11 is 0. The first kappa shape index (κ1) is 13.1. The second kappa shape index (κ2) is 4.60. The van der Waals surface area contributed by atoms with Crippen LogP contribution in [0.3, 0.4) is 0 Å². The van der Waals surface area contributed by atoms with Gasteiger partial charge >= 0.3 is 0 Å². The van der Waals surface area contributed by atoms with Gasteiger partial charge < -0.3 is 5.32 Å². The number of fused-ring (bicyclic) bond motifs is 2. The Labute approximate surface area is 115 Å². The Morgan fingerprint density at radius 2 is 2.16 bits per heavy atom. The van der Waals surface area contributed by atoms with Gasteiger partial charge in [0.25, 0.3) is 0 Å². The molecule has 2 aliphatic rings. The Balaban J connectivity index is 1.87. The molecule has 0 bridgehead atoms. The lowest BCUT2D eigenvalue weighted by molar-refractivity contribution is 0.510. The Morgan fingerprint density at radius 1 is 1.37 bits per heavy atom. The first-order valence-corrected chi connectivity index (χ1v) is 8.78. The third-order valence-corrected chi connectivity index (χ3v) is 6.39. The van der Waals surface area contributed by atoms with Crippen LogP contribution in [0, 0.1) is 5.92 Å². The van der Waals surface area contributed by atoms with Gasteiger partial charge in [-0.15, -0.1) is 0 Å². The molecule has 3 nitrogen and oxygen atoms in total. The number of sulfone groups is 1. The van der Waals surface area contributed by atoms with E-state index in [2.05, 4.69) is 12.2 Å². The lowest BCUT2D eigenvalue weighted by Gasteiger charge is -2.26. The average molecular weight is 279 g/mol. The summed E-state index contributed by atoms with van der Waals surface area (Å²) in [5, 5.41) is 3.47. The Hall–Kier alpha value is -0.870. The molecule has 1 aliphatic heterocycles. The molecule has 1 spiro atoms. The van der Waals surface area contributed by atoms with Crippen LogP contribution in [-0.4, -0.2) is 27.3 Å². The van der Waals surface area contributed by atoms with Crippen molar-refractivity contribution in [1.29, 1.82) is 0 Å². The molecule has 19 heavy (non-hydrogen) atoms. The van der Waals surface area contributed by atoms with Crippen molar-refractivity contribution in [2.45, 2.75) is 36.5 Å². The highest BCUT2D eigenvalue weighted by atomic mass is 32.2. The van der Waals surface area contributed by atoms with Crippen molar-refractivity contribution in [3.8, 4) is 0 Å². The van der Waals surface area contributed by atoms with Gasteiger partial charge in [-0.1, -0.05) is 25.1 Å². The van der Waals surface area contributed by atoms with Crippen molar-refractivity contribution in [2.24, 2.45) is 5.92 Å². The van der Waals surface area contributed by atoms with Crippen LogP contribution < -0.4 is 5.32 Å². The van der Waals surface area contributed by atoms with E-state index in [9.17, 15) is 8.42 Å². The van der Waals surface area contributed by atoms with Gasteiger partial charge in [0.05, 0.1) is 10.6 Å². The van der Waals surface area contributed by atoms with Crippen LogP contribution in [0.1, 0.15) is 31.7 Å². The van der Waals surface area contributed by atoms with Gasteiger partial charge in [0.2, 0.25) is 0 Å². The molecule has 1 N–H and O–H groups in total. The van der Waals surface area contributed by atoms with E-state index in [0.717, 1.165) is 37.9 Å². The number of hydrogen-bond acceptors (Lipinski definition) is 3. The fourth-order valence-corrected chi connectivity index (χ4v) is 5.19. The summed E-state index contributed by atoms with van der Waals surface area (Å²) in [6.45, 7) is 4.23. The minimum atomic E-state index is -3.04. The van der Waals surface area contributed by atoms with E-state index in [1.165, 1.54) is 0 Å². The van der Waals surface area contributed by atoms with Crippen molar-refractivity contribution in [1.82, 2.24) is 5.32 Å². The van der Waals surface area contributed by atoms with Gasteiger partial charge in [0.15, 0.2) is 9.84 Å². The van der Waals surface area contributed by atoms with Crippen LogP contribution in [0.15, 0.2) is 29.2 Å². The van der Waals surface area contributed by atoms with Gasteiger partial charge in [-0.2, -0.15) is 0 Å². The van der Waals surface area contributed by atoms with E-state index in [1.807, 2.05) is 18.2 Å². The van der Waals surface area contributed by atoms with E-state index < -0.39 is 9.84 Å². The molecular weight excluding hydrogens is 258 g/mol. The van der Waals surface area contributed by atoms with E-state index in [4.69, 9.17) is 0 Å². The largest absolute Gasteiger partial charge is 0.316 e. The van der Waals surface area contributed by atoms with E-state index in [-0.39, 0.29) is 5.41 Å². The predicted molar refractivity (Wildman–Crippen MR) is 76.1 cm³/mol. The van der Waals surface area contributed by atoms with Crippen molar-refractivity contribution in [2.75, 3.05) is 18.8 Å². The second-order valence-corrected chi connectivity index (χ2v) is 7.90. The maximum absolute atomic E-state index is 12.1. The lowest BCUT2D eigenvalue weighted by atomic mass is 9.90. The van der Waals surface area contributed by atoms with Crippen LogP contribution in [-0.2, 0) is 15.3 Å². The second-order valence-electron chi connectivity index (χ2n) is 5.83. The molecule has 0 aromatic heterocycles. The van der Waals surface area contributed by atoms with Crippen LogP contribution in [0.25, 0.3) is 0 Å². The van der Waals surface area contributed by atoms with Gasteiger partial charge in [-0.3, -0.25) is 0 Å². The Bertz CT molecular complexity index is 582. The van der Waals surface area contributed by atoms with E-state index >= 15 is 0 Å². The first-order valence-electron chi connectivity index (χ1n) is 7.13. The van der Waals surface area contributed by atoms with Crippen LogP contribution in [0.4, 0.5) is 0 Å². The summed E-state index contributed by atoms with van der Waals surface area (Å²) in [4.78, 5) is 0.583. The van der Waals surface area contributed by atoms with Crippen molar-refractivity contribution in [3.63, 3.8) is 0 Å². The molecule has 0 radical (unpaired) electrons. The van der Waals surface area contributed by atoms with Crippen molar-refractivity contribution in [3.05, 3.63) is 29.8 Å². The maximum atomic E-state index is 12.1. The maximum Gasteiger partial charge on any atom is 0.178 e. The third kappa shape index (κ3) is 2.11. The van der Waals surface area contributed by atoms with Crippen LogP contribution in [0.2, 0.25) is 0 Å². The number of nitrogens with one attached hydrogen (secondary N) is 1. The quantitative estimate of drug-likeness (QED) is 0.859. The monoisotopic (exact) mass is 279 g/mol. The Morgan fingerprint density at radius 3 is 2.95 bits per heavy atom. The van der Waals surface area contributed by atoms with Gasteiger partial charge in [-0.05, 0) is 49.9 Å². The van der Waals surface area contributed by atoms with Crippen molar-refractivity contribution >= 4 is 9.84 Å². The molecule has 1 saturated carbocycles. The summed E-state index contributed by atoms with van der Waals surface area (Å²) in [5.41, 5.74) is 1.22. The van der Waals surface area contributed by atoms with Crippen LogP contribution >= 0.6 is 0 Å². The number of benzene rings is 1. The molecule has 104 valence electrons. The average Bonchev–Trinajstić information content (AvgIpc) is 3.10. The van der Waals surface area contributed by atoms with Gasteiger partial charge in [0.1, 0.15) is 0 Å². The molecule has 1 aromatic rings. The zero-order valence-corrected chi connectivity index (χ0v) is 12.2.